The molecule has 0 saturated carbocycles. The van der Waals surface area contributed by atoms with Crippen molar-refractivity contribution in [3.8, 4) is 0 Å². The zero-order valence-electron chi connectivity index (χ0n) is 12.8. The van der Waals surface area contributed by atoms with Crippen LogP contribution in [0.1, 0.15) is 22.6 Å². The Morgan fingerprint density at radius 3 is 2.33 bits per heavy atom. The SMILES string of the molecule is NC(=O)n1n[c]c2c1CC(c1ccccn1)(c1ccccn1)C=C2. The maximum atomic E-state index is 11.7. The molecule has 4 rings (SSSR count). The van der Waals surface area contributed by atoms with Gasteiger partial charge in [-0.1, -0.05) is 24.3 Å². The lowest BCUT2D eigenvalue weighted by molar-refractivity contribution is 0.246. The van der Waals surface area contributed by atoms with Gasteiger partial charge in [0.25, 0.3) is 0 Å². The molecule has 2 N–H and O–H groups in total. The van der Waals surface area contributed by atoms with Gasteiger partial charge in [0.15, 0.2) is 0 Å². The van der Waals surface area contributed by atoms with Gasteiger partial charge in [-0.2, -0.15) is 9.78 Å². The first-order valence-corrected chi connectivity index (χ1v) is 7.52. The number of nitrogens with two attached hydrogens (primary N) is 1. The number of fused-ring (bicyclic) bond motifs is 1. The van der Waals surface area contributed by atoms with Gasteiger partial charge in [-0.15, -0.1) is 0 Å². The van der Waals surface area contributed by atoms with Crippen LogP contribution in [0.25, 0.3) is 6.08 Å². The van der Waals surface area contributed by atoms with Crippen LogP contribution in [0.3, 0.4) is 0 Å². The molecule has 0 aliphatic heterocycles. The van der Waals surface area contributed by atoms with Crippen molar-refractivity contribution in [1.29, 1.82) is 0 Å². The molecule has 1 radical (unpaired) electrons. The summed E-state index contributed by atoms with van der Waals surface area (Å²) in [6.45, 7) is 0. The van der Waals surface area contributed by atoms with Gasteiger partial charge in [-0.05, 0) is 24.3 Å². The van der Waals surface area contributed by atoms with Crippen molar-refractivity contribution >= 4 is 12.1 Å². The molecule has 0 fully saturated rings. The van der Waals surface area contributed by atoms with Crippen LogP contribution in [-0.2, 0) is 11.8 Å². The number of carbonyl (C=O) groups excluding carboxylic acids is 1. The first-order chi connectivity index (χ1) is 11.7. The van der Waals surface area contributed by atoms with Gasteiger partial charge < -0.3 is 5.73 Å². The Hall–Kier alpha value is -3.28. The van der Waals surface area contributed by atoms with E-state index >= 15 is 0 Å². The number of nitrogens with zero attached hydrogens (tertiary/aromatic N) is 4. The van der Waals surface area contributed by atoms with Crippen LogP contribution >= 0.6 is 0 Å². The molecule has 117 valence electrons. The molecular weight excluding hydrogens is 302 g/mol. The molecule has 6 heteroatoms. The fraction of sp³-hybridized carbons (Fsp3) is 0.111. The van der Waals surface area contributed by atoms with E-state index in [-0.39, 0.29) is 0 Å². The summed E-state index contributed by atoms with van der Waals surface area (Å²) in [5, 5.41) is 3.98. The highest BCUT2D eigenvalue weighted by Crippen LogP contribution is 2.39. The fourth-order valence-corrected chi connectivity index (χ4v) is 3.11. The van der Waals surface area contributed by atoms with Crippen LogP contribution in [-0.4, -0.2) is 25.8 Å². The van der Waals surface area contributed by atoms with Crippen LogP contribution in [0.4, 0.5) is 4.79 Å². The molecule has 0 bridgehead atoms. The van der Waals surface area contributed by atoms with Crippen molar-refractivity contribution < 1.29 is 4.79 Å². The summed E-state index contributed by atoms with van der Waals surface area (Å²) >= 11 is 0. The lowest BCUT2D eigenvalue weighted by Gasteiger charge is -2.32. The highest BCUT2D eigenvalue weighted by molar-refractivity contribution is 5.76. The number of carbonyl (C=O) groups is 1. The van der Waals surface area contributed by atoms with Crippen molar-refractivity contribution in [3.05, 3.63) is 83.7 Å². The second-order valence-electron chi connectivity index (χ2n) is 5.63. The zero-order chi connectivity index (χ0) is 16.6. The number of aromatic nitrogens is 4. The van der Waals surface area contributed by atoms with E-state index in [9.17, 15) is 4.79 Å². The third-order valence-electron chi connectivity index (χ3n) is 4.27. The molecule has 24 heavy (non-hydrogen) atoms. The van der Waals surface area contributed by atoms with Gasteiger partial charge in [-0.3, -0.25) is 9.97 Å². The lowest BCUT2D eigenvalue weighted by Crippen LogP contribution is -2.35. The fourth-order valence-electron chi connectivity index (χ4n) is 3.11. The molecule has 0 atom stereocenters. The quantitative estimate of drug-likeness (QED) is 0.783. The summed E-state index contributed by atoms with van der Waals surface area (Å²) in [5.74, 6) is 0. The van der Waals surface area contributed by atoms with E-state index in [1.807, 2.05) is 48.6 Å². The summed E-state index contributed by atoms with van der Waals surface area (Å²) in [5.41, 5.74) is 8.02. The molecule has 0 aromatic carbocycles. The Labute approximate surface area is 138 Å². The number of hydrogen-bond acceptors (Lipinski definition) is 4. The van der Waals surface area contributed by atoms with Gasteiger partial charge >= 0.3 is 6.03 Å². The Balaban J connectivity index is 1.93. The Morgan fingerprint density at radius 1 is 1.12 bits per heavy atom. The van der Waals surface area contributed by atoms with E-state index in [0.29, 0.717) is 12.1 Å². The van der Waals surface area contributed by atoms with E-state index < -0.39 is 11.4 Å². The minimum Gasteiger partial charge on any atom is -0.350 e. The second kappa shape index (κ2) is 5.42. The van der Waals surface area contributed by atoms with Crippen molar-refractivity contribution in [2.75, 3.05) is 0 Å². The van der Waals surface area contributed by atoms with E-state index in [2.05, 4.69) is 21.3 Å². The number of allylic oxidation sites excluding steroid dienone is 1. The minimum absolute atomic E-state index is 0.478. The molecule has 0 unspecified atom stereocenters. The highest BCUT2D eigenvalue weighted by Gasteiger charge is 2.39. The van der Waals surface area contributed by atoms with E-state index in [4.69, 9.17) is 5.73 Å². The van der Waals surface area contributed by atoms with Crippen molar-refractivity contribution in [1.82, 2.24) is 19.7 Å². The first kappa shape index (κ1) is 14.3. The van der Waals surface area contributed by atoms with Gasteiger partial charge in [0.05, 0.1) is 22.5 Å². The largest absolute Gasteiger partial charge is 0.350 e. The maximum absolute atomic E-state index is 11.7. The average molecular weight is 316 g/mol. The summed E-state index contributed by atoms with van der Waals surface area (Å²) in [6, 6.07) is 10.9. The predicted molar refractivity (Wildman–Crippen MR) is 88.0 cm³/mol. The third-order valence-corrected chi connectivity index (χ3v) is 4.27. The zero-order valence-corrected chi connectivity index (χ0v) is 12.8. The lowest BCUT2D eigenvalue weighted by atomic mass is 9.73. The number of rotatable bonds is 2. The molecule has 3 heterocycles. The summed E-state index contributed by atoms with van der Waals surface area (Å²) < 4.78 is 1.19. The Kier molecular flexibility index (Phi) is 3.23. The number of amides is 1. The van der Waals surface area contributed by atoms with Gasteiger partial charge in [0.2, 0.25) is 0 Å². The molecule has 1 aliphatic rings. The number of pyridine rings is 2. The van der Waals surface area contributed by atoms with Crippen LogP contribution in [0.2, 0.25) is 0 Å². The van der Waals surface area contributed by atoms with Gasteiger partial charge in [0, 0.05) is 24.4 Å². The first-order valence-electron chi connectivity index (χ1n) is 7.52. The van der Waals surface area contributed by atoms with Gasteiger partial charge in [0.1, 0.15) is 6.20 Å². The van der Waals surface area contributed by atoms with E-state index in [1.165, 1.54) is 4.68 Å². The van der Waals surface area contributed by atoms with Crippen LogP contribution in [0.15, 0.2) is 54.9 Å². The molecular formula is C18H14N5O. The van der Waals surface area contributed by atoms with Crippen LogP contribution in [0.5, 0.6) is 0 Å². The molecule has 6 nitrogen and oxygen atoms in total. The summed E-state index contributed by atoms with van der Waals surface area (Å²) in [6.07, 6.45) is 10.8. The van der Waals surface area contributed by atoms with Crippen molar-refractivity contribution in [3.63, 3.8) is 0 Å². The minimum atomic E-state index is -0.626. The topological polar surface area (TPSA) is 86.7 Å². The molecule has 3 aromatic heterocycles. The summed E-state index contributed by atoms with van der Waals surface area (Å²) in [4.78, 5) is 20.7. The molecule has 1 aliphatic carbocycles. The predicted octanol–water partition coefficient (Wildman–Crippen LogP) is 1.96. The summed E-state index contributed by atoms with van der Waals surface area (Å²) in [7, 11) is 0. The highest BCUT2D eigenvalue weighted by atomic mass is 16.2. The van der Waals surface area contributed by atoms with Gasteiger partial charge in [-0.25, -0.2) is 4.79 Å². The number of hydrogen-bond donors (Lipinski definition) is 1. The normalized spacial score (nSPS) is 15.0. The maximum Gasteiger partial charge on any atom is 0.339 e. The second-order valence-corrected chi connectivity index (χ2v) is 5.63. The standard InChI is InChI=1S/C18H14N5O/c19-17(24)23-14-11-18(8-7-13(14)12-22-23,15-5-1-3-9-20-15)16-6-2-4-10-21-16/h1-10H,11H2,(H2,19,24). The van der Waals surface area contributed by atoms with E-state index in [1.54, 1.807) is 12.4 Å². The van der Waals surface area contributed by atoms with Crippen molar-refractivity contribution in [2.24, 2.45) is 5.73 Å². The smallest absolute Gasteiger partial charge is 0.339 e. The van der Waals surface area contributed by atoms with Crippen molar-refractivity contribution in [2.45, 2.75) is 11.8 Å². The van der Waals surface area contributed by atoms with E-state index in [0.717, 1.165) is 17.0 Å². The van der Waals surface area contributed by atoms with Crippen LogP contribution < -0.4 is 5.73 Å². The molecule has 3 aromatic rings. The molecule has 0 spiro atoms. The average Bonchev–Trinajstić information content (AvgIpc) is 3.06. The van der Waals surface area contributed by atoms with Crippen LogP contribution in [0, 0.1) is 6.20 Å². The Bertz CT molecular complexity index is 876. The molecule has 0 saturated heterocycles. The monoisotopic (exact) mass is 316 g/mol. The third kappa shape index (κ3) is 2.11. The number of primary amides is 1. The molecule has 1 amide bonds. The Morgan fingerprint density at radius 2 is 1.79 bits per heavy atom.